The van der Waals surface area contributed by atoms with Gasteiger partial charge in [0.15, 0.2) is 0 Å². The van der Waals surface area contributed by atoms with Crippen LogP contribution in [0.3, 0.4) is 0 Å². The van der Waals surface area contributed by atoms with E-state index in [2.05, 4.69) is 15.9 Å². The van der Waals surface area contributed by atoms with Crippen LogP contribution < -0.4 is 0 Å². The van der Waals surface area contributed by atoms with Crippen molar-refractivity contribution in [3.63, 3.8) is 0 Å². The van der Waals surface area contributed by atoms with E-state index in [1.54, 1.807) is 0 Å². The highest BCUT2D eigenvalue weighted by Gasteiger charge is 2.39. The van der Waals surface area contributed by atoms with Crippen LogP contribution in [-0.2, 0) is 21.0 Å². The first-order valence-electron chi connectivity index (χ1n) is 6.01. The minimum absolute atomic E-state index is 0.0249. The Morgan fingerprint density at radius 1 is 1.14 bits per heavy atom. The minimum Gasteiger partial charge on any atom is -0.300 e. The fraction of sp³-hybridized carbons (Fsp3) is 0.417. The Hall–Kier alpha value is -0.930. The van der Waals surface area contributed by atoms with E-state index in [4.69, 9.17) is 0 Å². The van der Waals surface area contributed by atoms with E-state index >= 15 is 0 Å². The first-order valence-corrected chi connectivity index (χ1v) is 8.24. The van der Waals surface area contributed by atoms with Crippen molar-refractivity contribution in [1.82, 2.24) is 4.31 Å². The molecule has 0 radical (unpaired) electrons. The van der Waals surface area contributed by atoms with E-state index in [0.29, 0.717) is 0 Å². The summed E-state index contributed by atoms with van der Waals surface area (Å²) in [4.78, 5) is 10.4. The summed E-state index contributed by atoms with van der Waals surface area (Å²) in [7, 11) is -4.28. The second kappa shape index (κ2) is 5.69. The van der Waals surface area contributed by atoms with E-state index in [9.17, 15) is 26.4 Å². The molecule has 9 heteroatoms. The largest absolute Gasteiger partial charge is 0.417 e. The van der Waals surface area contributed by atoms with Crippen LogP contribution in [0.2, 0.25) is 0 Å². The number of Topliss-reactive ketones (excluding diaryl/α,β-unsaturated/α-hetero) is 1. The van der Waals surface area contributed by atoms with Crippen LogP contribution in [0.15, 0.2) is 27.6 Å². The average molecular weight is 386 g/mol. The van der Waals surface area contributed by atoms with Crippen LogP contribution in [0.25, 0.3) is 0 Å². The molecular weight excluding hydrogens is 375 g/mol. The summed E-state index contributed by atoms with van der Waals surface area (Å²) in [6.07, 6.45) is -4.73. The molecule has 0 spiro atoms. The molecule has 1 aliphatic rings. The smallest absolute Gasteiger partial charge is 0.300 e. The van der Waals surface area contributed by atoms with Crippen LogP contribution in [0.1, 0.15) is 18.4 Å². The summed E-state index contributed by atoms with van der Waals surface area (Å²) >= 11 is 2.91. The highest BCUT2D eigenvalue weighted by atomic mass is 79.9. The topological polar surface area (TPSA) is 54.5 Å². The highest BCUT2D eigenvalue weighted by Crippen LogP contribution is 2.37. The minimum atomic E-state index is -4.78. The van der Waals surface area contributed by atoms with Gasteiger partial charge in [-0.05, 0) is 18.2 Å². The predicted octanol–water partition coefficient (Wildman–Crippen LogP) is 2.82. The summed E-state index contributed by atoms with van der Waals surface area (Å²) in [6.45, 7) is -0.178. The van der Waals surface area contributed by atoms with E-state index < -0.39 is 26.7 Å². The third-order valence-electron chi connectivity index (χ3n) is 3.14. The third-order valence-corrected chi connectivity index (χ3v) is 5.59. The zero-order valence-electron chi connectivity index (χ0n) is 10.7. The van der Waals surface area contributed by atoms with Crippen LogP contribution in [0, 0.1) is 0 Å². The van der Waals surface area contributed by atoms with Gasteiger partial charge in [-0.2, -0.15) is 17.5 Å². The van der Waals surface area contributed by atoms with Crippen LogP contribution in [-0.4, -0.2) is 31.6 Å². The molecule has 1 aliphatic heterocycles. The van der Waals surface area contributed by atoms with Gasteiger partial charge in [-0.3, -0.25) is 4.79 Å². The summed E-state index contributed by atoms with van der Waals surface area (Å²) in [5, 5.41) is 0. The van der Waals surface area contributed by atoms with Crippen molar-refractivity contribution in [2.45, 2.75) is 23.9 Å². The van der Waals surface area contributed by atoms with Crippen molar-refractivity contribution in [3.05, 3.63) is 28.2 Å². The number of hydrogen-bond donors (Lipinski definition) is 0. The molecule has 1 fully saturated rings. The molecule has 0 amide bonds. The molecule has 0 aromatic heterocycles. The molecule has 1 aromatic rings. The summed E-state index contributed by atoms with van der Waals surface area (Å²) < 4.78 is 64.9. The number of alkyl halides is 3. The molecule has 21 heavy (non-hydrogen) atoms. The Kier molecular flexibility index (Phi) is 4.46. The summed E-state index contributed by atoms with van der Waals surface area (Å²) in [5.74, 6) is -0.0895. The van der Waals surface area contributed by atoms with E-state index in [0.717, 1.165) is 16.4 Å². The van der Waals surface area contributed by atoms with Gasteiger partial charge >= 0.3 is 6.18 Å². The lowest BCUT2D eigenvalue weighted by atomic mass is 10.1. The van der Waals surface area contributed by atoms with Crippen molar-refractivity contribution in [3.8, 4) is 0 Å². The fourth-order valence-electron chi connectivity index (χ4n) is 2.06. The van der Waals surface area contributed by atoms with Gasteiger partial charge in [-0.15, -0.1) is 0 Å². The van der Waals surface area contributed by atoms with E-state index in [1.807, 2.05) is 0 Å². The molecule has 0 N–H and O–H groups in total. The molecule has 1 aromatic carbocycles. The maximum atomic E-state index is 13.0. The second-order valence-electron chi connectivity index (χ2n) is 4.58. The van der Waals surface area contributed by atoms with Crippen molar-refractivity contribution < 1.29 is 26.4 Å². The Bertz CT molecular complexity index is 663. The zero-order chi connectivity index (χ0) is 15.8. The number of hydrogen-bond acceptors (Lipinski definition) is 3. The third kappa shape index (κ3) is 3.46. The molecule has 0 unspecified atom stereocenters. The van der Waals surface area contributed by atoms with Crippen molar-refractivity contribution in [2.24, 2.45) is 0 Å². The lowest BCUT2D eigenvalue weighted by Crippen LogP contribution is -2.39. The maximum absolute atomic E-state index is 13.0. The number of benzene rings is 1. The second-order valence-corrected chi connectivity index (χ2v) is 7.40. The molecule has 0 bridgehead atoms. The van der Waals surface area contributed by atoms with E-state index in [-0.39, 0.29) is 36.2 Å². The molecule has 0 saturated carbocycles. The highest BCUT2D eigenvalue weighted by molar-refractivity contribution is 9.10. The first kappa shape index (κ1) is 16.4. The van der Waals surface area contributed by atoms with Gasteiger partial charge in [0.25, 0.3) is 0 Å². The van der Waals surface area contributed by atoms with Gasteiger partial charge in [-0.1, -0.05) is 15.9 Å². The Labute approximate surface area is 128 Å². The normalized spacial score (nSPS) is 18.0. The molecule has 116 valence electrons. The van der Waals surface area contributed by atoms with Crippen LogP contribution >= 0.6 is 15.9 Å². The molecule has 0 atom stereocenters. The number of halogens is 4. The van der Waals surface area contributed by atoms with Crippen molar-refractivity contribution >= 4 is 31.7 Å². The fourth-order valence-corrected chi connectivity index (χ4v) is 4.06. The SMILES string of the molecule is O=C1CCN(S(=O)(=O)c2ccc(Br)cc2C(F)(F)F)CC1. The molecular formula is C12H11BrF3NO3S. The Morgan fingerprint density at radius 2 is 1.71 bits per heavy atom. The molecule has 0 aliphatic carbocycles. The number of sulfonamides is 1. The number of ketones is 1. The predicted molar refractivity (Wildman–Crippen MR) is 72.1 cm³/mol. The maximum Gasteiger partial charge on any atom is 0.417 e. The first-order chi connectivity index (χ1) is 9.62. The van der Waals surface area contributed by atoms with Gasteiger partial charge in [0, 0.05) is 30.4 Å². The number of carbonyl (C=O) groups excluding carboxylic acids is 1. The Balaban J connectivity index is 2.48. The van der Waals surface area contributed by atoms with Crippen LogP contribution in [0.4, 0.5) is 13.2 Å². The monoisotopic (exact) mass is 385 g/mol. The van der Waals surface area contributed by atoms with Gasteiger partial charge in [0.1, 0.15) is 5.78 Å². The lowest BCUT2D eigenvalue weighted by molar-refractivity contribution is -0.140. The van der Waals surface area contributed by atoms with Crippen LogP contribution in [0.5, 0.6) is 0 Å². The van der Waals surface area contributed by atoms with Gasteiger partial charge < -0.3 is 0 Å². The molecule has 4 nitrogen and oxygen atoms in total. The van der Waals surface area contributed by atoms with E-state index in [1.165, 1.54) is 6.07 Å². The average Bonchev–Trinajstić information content (AvgIpc) is 2.38. The van der Waals surface area contributed by atoms with Gasteiger partial charge in [0.2, 0.25) is 10.0 Å². The summed E-state index contributed by atoms with van der Waals surface area (Å²) in [5.41, 5.74) is -1.21. The zero-order valence-corrected chi connectivity index (χ0v) is 13.1. The van der Waals surface area contributed by atoms with Crippen molar-refractivity contribution in [1.29, 1.82) is 0 Å². The number of nitrogens with zero attached hydrogens (tertiary/aromatic N) is 1. The lowest BCUT2D eigenvalue weighted by Gasteiger charge is -2.26. The van der Waals surface area contributed by atoms with Crippen molar-refractivity contribution in [2.75, 3.05) is 13.1 Å². The standard InChI is InChI=1S/C12H11BrF3NO3S/c13-8-1-2-11(10(7-8)12(14,15)16)21(19,20)17-5-3-9(18)4-6-17/h1-2,7H,3-6H2. The Morgan fingerprint density at radius 3 is 2.24 bits per heavy atom. The number of carbonyl (C=O) groups is 1. The molecule has 1 heterocycles. The quantitative estimate of drug-likeness (QED) is 0.786. The molecule has 2 rings (SSSR count). The number of rotatable bonds is 2. The van der Waals surface area contributed by atoms with Gasteiger partial charge in [0.05, 0.1) is 10.5 Å². The number of piperidine rings is 1. The van der Waals surface area contributed by atoms with Gasteiger partial charge in [-0.25, -0.2) is 8.42 Å². The molecule has 1 saturated heterocycles. The summed E-state index contributed by atoms with van der Waals surface area (Å²) in [6, 6.07) is 2.91.